The quantitative estimate of drug-likeness (QED) is 0.779. The van der Waals surface area contributed by atoms with Crippen molar-refractivity contribution in [2.24, 2.45) is 5.92 Å². The molecule has 0 spiro atoms. The van der Waals surface area contributed by atoms with Crippen molar-refractivity contribution in [2.45, 2.75) is 26.3 Å². The predicted molar refractivity (Wildman–Crippen MR) is 83.1 cm³/mol. The molecule has 0 aliphatic carbocycles. The van der Waals surface area contributed by atoms with E-state index in [1.807, 2.05) is 56.1 Å². The molecular weight excluding hydrogens is 268 g/mol. The van der Waals surface area contributed by atoms with Crippen molar-refractivity contribution in [1.29, 1.82) is 0 Å². The van der Waals surface area contributed by atoms with E-state index in [0.29, 0.717) is 0 Å². The summed E-state index contributed by atoms with van der Waals surface area (Å²) in [4.78, 5) is 25.7. The lowest BCUT2D eigenvalue weighted by Gasteiger charge is -2.24. The first-order valence-corrected chi connectivity index (χ1v) is 7.13. The highest BCUT2D eigenvalue weighted by molar-refractivity contribution is 5.87. The van der Waals surface area contributed by atoms with Crippen LogP contribution in [-0.2, 0) is 14.3 Å². The molecule has 1 rings (SSSR count). The summed E-state index contributed by atoms with van der Waals surface area (Å²) in [6, 6.07) is 9.02. The van der Waals surface area contributed by atoms with Crippen LogP contribution in [0.4, 0.5) is 5.69 Å². The van der Waals surface area contributed by atoms with Crippen molar-refractivity contribution in [3.05, 3.63) is 30.3 Å². The summed E-state index contributed by atoms with van der Waals surface area (Å²) < 4.78 is 4.76. The molecule has 0 heterocycles. The number of likely N-dealkylation sites (N-methyl/N-ethyl adjacent to an activating group) is 1. The lowest BCUT2D eigenvalue weighted by Crippen LogP contribution is -2.48. The lowest BCUT2D eigenvalue weighted by molar-refractivity contribution is -0.146. The fourth-order valence-corrected chi connectivity index (χ4v) is 2.00. The molecule has 1 aromatic carbocycles. The second-order valence-electron chi connectivity index (χ2n) is 5.15. The first kappa shape index (κ1) is 17.0. The van der Waals surface area contributed by atoms with E-state index < -0.39 is 12.0 Å². The highest BCUT2D eigenvalue weighted by atomic mass is 16.5. The Bertz CT molecular complexity index is 462. The molecule has 0 fully saturated rings. The van der Waals surface area contributed by atoms with Crippen molar-refractivity contribution in [2.75, 3.05) is 25.6 Å². The number of carbonyl (C=O) groups is 2. The number of nitrogens with zero attached hydrogens (tertiary/aromatic N) is 1. The molecule has 0 saturated carbocycles. The standard InChI is InChI=1S/C16H24N2O3/c1-5-12(2)15(16(20)21-4)17-14(19)11-18(3)13-9-7-6-8-10-13/h6-10,12,15H,5,11H2,1-4H3,(H,17,19). The molecule has 5 nitrogen and oxygen atoms in total. The van der Waals surface area contributed by atoms with Crippen LogP contribution in [0.1, 0.15) is 20.3 Å². The van der Waals surface area contributed by atoms with Crippen LogP contribution in [0.25, 0.3) is 0 Å². The summed E-state index contributed by atoms with van der Waals surface area (Å²) >= 11 is 0. The molecule has 21 heavy (non-hydrogen) atoms. The molecule has 0 saturated heterocycles. The number of benzene rings is 1. The van der Waals surface area contributed by atoms with E-state index in [-0.39, 0.29) is 18.4 Å². The Morgan fingerprint density at radius 3 is 2.43 bits per heavy atom. The fourth-order valence-electron chi connectivity index (χ4n) is 2.00. The van der Waals surface area contributed by atoms with E-state index in [9.17, 15) is 9.59 Å². The Morgan fingerprint density at radius 1 is 1.29 bits per heavy atom. The third-order valence-corrected chi connectivity index (χ3v) is 3.56. The van der Waals surface area contributed by atoms with Crippen LogP contribution in [-0.4, -0.2) is 38.6 Å². The molecule has 5 heteroatoms. The topological polar surface area (TPSA) is 58.6 Å². The zero-order valence-corrected chi connectivity index (χ0v) is 13.1. The van der Waals surface area contributed by atoms with Gasteiger partial charge in [-0.1, -0.05) is 38.5 Å². The number of methoxy groups -OCH3 is 1. The van der Waals surface area contributed by atoms with Crippen molar-refractivity contribution >= 4 is 17.6 Å². The second-order valence-corrected chi connectivity index (χ2v) is 5.15. The number of hydrogen-bond donors (Lipinski definition) is 1. The van der Waals surface area contributed by atoms with E-state index >= 15 is 0 Å². The Kier molecular flexibility index (Phi) is 6.72. The summed E-state index contributed by atoms with van der Waals surface area (Å²) in [5.41, 5.74) is 0.950. The van der Waals surface area contributed by atoms with Gasteiger partial charge in [0.1, 0.15) is 6.04 Å². The molecule has 116 valence electrons. The van der Waals surface area contributed by atoms with Gasteiger partial charge in [0.25, 0.3) is 0 Å². The molecule has 0 bridgehead atoms. The summed E-state index contributed by atoms with van der Waals surface area (Å²) in [6.45, 7) is 4.08. The Morgan fingerprint density at radius 2 is 1.90 bits per heavy atom. The highest BCUT2D eigenvalue weighted by Gasteiger charge is 2.26. The van der Waals surface area contributed by atoms with Gasteiger partial charge in [-0.3, -0.25) is 4.79 Å². The van der Waals surface area contributed by atoms with Gasteiger partial charge in [-0.2, -0.15) is 0 Å². The maximum Gasteiger partial charge on any atom is 0.328 e. The minimum atomic E-state index is -0.600. The van der Waals surface area contributed by atoms with E-state index in [2.05, 4.69) is 5.32 Å². The van der Waals surface area contributed by atoms with Crippen LogP contribution in [0.3, 0.4) is 0 Å². The number of hydrogen-bond acceptors (Lipinski definition) is 4. The van der Waals surface area contributed by atoms with E-state index in [4.69, 9.17) is 4.74 Å². The number of amides is 1. The van der Waals surface area contributed by atoms with Crippen molar-refractivity contribution in [3.63, 3.8) is 0 Å². The third kappa shape index (κ3) is 5.10. The Hall–Kier alpha value is -2.04. The summed E-state index contributed by atoms with van der Waals surface area (Å²) in [5, 5.41) is 2.76. The molecule has 1 amide bonds. The fraction of sp³-hybridized carbons (Fsp3) is 0.500. The van der Waals surface area contributed by atoms with E-state index in [0.717, 1.165) is 12.1 Å². The van der Waals surface area contributed by atoms with Gasteiger partial charge in [0.05, 0.1) is 13.7 Å². The average Bonchev–Trinajstić information content (AvgIpc) is 2.51. The summed E-state index contributed by atoms with van der Waals surface area (Å²) in [6.07, 6.45) is 0.786. The number of rotatable bonds is 7. The monoisotopic (exact) mass is 292 g/mol. The second kappa shape index (κ2) is 8.29. The molecule has 0 aliphatic rings. The maximum atomic E-state index is 12.1. The van der Waals surface area contributed by atoms with Gasteiger partial charge < -0.3 is 15.0 Å². The molecule has 2 unspecified atom stereocenters. The minimum absolute atomic E-state index is 0.0310. The minimum Gasteiger partial charge on any atom is -0.467 e. The van der Waals surface area contributed by atoms with Crippen molar-refractivity contribution < 1.29 is 14.3 Å². The van der Waals surface area contributed by atoms with Gasteiger partial charge in [-0.25, -0.2) is 4.79 Å². The number of para-hydroxylation sites is 1. The lowest BCUT2D eigenvalue weighted by atomic mass is 9.99. The molecule has 2 atom stereocenters. The Balaban J connectivity index is 2.64. The molecule has 1 N–H and O–H groups in total. The molecule has 1 aromatic rings. The van der Waals surface area contributed by atoms with Gasteiger partial charge in [0.2, 0.25) is 5.91 Å². The molecular formula is C16H24N2O3. The first-order valence-electron chi connectivity index (χ1n) is 7.13. The third-order valence-electron chi connectivity index (χ3n) is 3.56. The predicted octanol–water partition coefficient (Wildman–Crippen LogP) is 1.83. The van der Waals surface area contributed by atoms with E-state index in [1.165, 1.54) is 7.11 Å². The maximum absolute atomic E-state index is 12.1. The number of nitrogens with one attached hydrogen (secondary N) is 1. The first-order chi connectivity index (χ1) is 9.99. The average molecular weight is 292 g/mol. The van der Waals surface area contributed by atoms with Gasteiger partial charge in [0, 0.05) is 12.7 Å². The highest BCUT2D eigenvalue weighted by Crippen LogP contribution is 2.12. The van der Waals surface area contributed by atoms with Gasteiger partial charge in [-0.05, 0) is 18.1 Å². The van der Waals surface area contributed by atoms with Crippen LogP contribution in [0.2, 0.25) is 0 Å². The summed E-state index contributed by atoms with van der Waals surface area (Å²) in [5.74, 6) is -0.569. The van der Waals surface area contributed by atoms with Gasteiger partial charge in [0.15, 0.2) is 0 Å². The van der Waals surface area contributed by atoms with Crippen LogP contribution in [0, 0.1) is 5.92 Å². The van der Waals surface area contributed by atoms with Crippen LogP contribution in [0.15, 0.2) is 30.3 Å². The number of carbonyl (C=O) groups excluding carboxylic acids is 2. The zero-order chi connectivity index (χ0) is 15.8. The molecule has 0 radical (unpaired) electrons. The Labute approximate surface area is 126 Å². The molecule has 0 aliphatic heterocycles. The van der Waals surface area contributed by atoms with Gasteiger partial charge >= 0.3 is 5.97 Å². The number of esters is 1. The van der Waals surface area contributed by atoms with E-state index in [1.54, 1.807) is 0 Å². The number of ether oxygens (including phenoxy) is 1. The summed E-state index contributed by atoms with van der Waals surface area (Å²) in [7, 11) is 3.17. The largest absolute Gasteiger partial charge is 0.467 e. The van der Waals surface area contributed by atoms with Gasteiger partial charge in [-0.15, -0.1) is 0 Å². The molecule has 0 aromatic heterocycles. The smallest absolute Gasteiger partial charge is 0.328 e. The van der Waals surface area contributed by atoms with Crippen LogP contribution in [0.5, 0.6) is 0 Å². The number of anilines is 1. The van der Waals surface area contributed by atoms with Crippen molar-refractivity contribution in [1.82, 2.24) is 5.32 Å². The zero-order valence-electron chi connectivity index (χ0n) is 13.1. The SMILES string of the molecule is CCC(C)C(NC(=O)CN(C)c1ccccc1)C(=O)OC. The van der Waals surface area contributed by atoms with Crippen molar-refractivity contribution in [3.8, 4) is 0 Å². The normalized spacial score (nSPS) is 13.1. The van der Waals surface area contributed by atoms with Crippen LogP contribution >= 0.6 is 0 Å². The van der Waals surface area contributed by atoms with Crippen LogP contribution < -0.4 is 10.2 Å².